The molecule has 0 saturated heterocycles. The summed E-state index contributed by atoms with van der Waals surface area (Å²) < 4.78 is 11.5. The van der Waals surface area contributed by atoms with Gasteiger partial charge >= 0.3 is 13.8 Å². The maximum atomic E-state index is 11.5. The SMILES string of the molecule is O=[P+](O)[C@H]([NH2+]Cc1ccccc1)c1ccc(Cl)cc1. The number of hydrogen-bond acceptors (Lipinski definition) is 1. The summed E-state index contributed by atoms with van der Waals surface area (Å²) in [6.45, 7) is 0.662. The lowest BCUT2D eigenvalue weighted by Crippen LogP contribution is -2.82. The van der Waals surface area contributed by atoms with Crippen molar-refractivity contribution in [1.29, 1.82) is 0 Å². The van der Waals surface area contributed by atoms with Gasteiger partial charge in [-0.3, -0.25) is 5.32 Å². The van der Waals surface area contributed by atoms with E-state index in [1.165, 1.54) is 0 Å². The average Bonchev–Trinajstić information content (AvgIpc) is 2.42. The fraction of sp³-hybridized carbons (Fsp3) is 0.143. The Morgan fingerprint density at radius 3 is 2.32 bits per heavy atom. The molecule has 0 aliphatic carbocycles. The second kappa shape index (κ2) is 6.78. The van der Waals surface area contributed by atoms with E-state index in [-0.39, 0.29) is 0 Å². The van der Waals surface area contributed by atoms with Crippen LogP contribution in [0.5, 0.6) is 0 Å². The van der Waals surface area contributed by atoms with E-state index in [1.807, 2.05) is 35.6 Å². The Bertz CT molecular complexity index is 545. The Labute approximate surface area is 118 Å². The van der Waals surface area contributed by atoms with Gasteiger partial charge in [-0.05, 0) is 28.8 Å². The first kappa shape index (κ1) is 14.2. The highest BCUT2D eigenvalue weighted by Crippen LogP contribution is 2.31. The van der Waals surface area contributed by atoms with E-state index in [2.05, 4.69) is 0 Å². The lowest BCUT2D eigenvalue weighted by Gasteiger charge is -2.05. The topological polar surface area (TPSA) is 53.9 Å². The summed E-state index contributed by atoms with van der Waals surface area (Å²) in [5, 5.41) is 2.50. The smallest absolute Gasteiger partial charge is 0.293 e. The predicted octanol–water partition coefficient (Wildman–Crippen LogP) is 2.84. The third-order valence-corrected chi connectivity index (χ3v) is 4.11. The van der Waals surface area contributed by atoms with Crippen molar-refractivity contribution in [2.24, 2.45) is 0 Å². The zero-order chi connectivity index (χ0) is 13.7. The van der Waals surface area contributed by atoms with Crippen LogP contribution in [0.4, 0.5) is 0 Å². The Balaban J connectivity index is 2.09. The predicted molar refractivity (Wildman–Crippen MR) is 76.1 cm³/mol. The van der Waals surface area contributed by atoms with E-state index in [1.54, 1.807) is 24.3 Å². The van der Waals surface area contributed by atoms with Gasteiger partial charge in [0.05, 0.1) is 5.56 Å². The summed E-state index contributed by atoms with van der Waals surface area (Å²) in [7, 11) is -2.29. The number of hydrogen-bond donors (Lipinski definition) is 2. The lowest BCUT2D eigenvalue weighted by molar-refractivity contribution is -0.691. The van der Waals surface area contributed by atoms with Gasteiger partial charge < -0.3 is 0 Å². The second-order valence-electron chi connectivity index (χ2n) is 4.22. The van der Waals surface area contributed by atoms with E-state index in [0.717, 1.165) is 11.1 Å². The van der Waals surface area contributed by atoms with Crippen LogP contribution in [0.25, 0.3) is 0 Å². The van der Waals surface area contributed by atoms with E-state index >= 15 is 0 Å². The van der Waals surface area contributed by atoms with Gasteiger partial charge in [0.1, 0.15) is 6.54 Å². The van der Waals surface area contributed by atoms with E-state index in [4.69, 9.17) is 11.6 Å². The van der Waals surface area contributed by atoms with Crippen molar-refractivity contribution in [3.63, 3.8) is 0 Å². The van der Waals surface area contributed by atoms with Crippen LogP contribution >= 0.6 is 19.6 Å². The Hall–Kier alpha value is -1.25. The molecular formula is C14H15ClNO2P+2. The van der Waals surface area contributed by atoms with Gasteiger partial charge in [-0.25, -0.2) is 0 Å². The van der Waals surface area contributed by atoms with Gasteiger partial charge in [0, 0.05) is 10.6 Å². The molecule has 0 saturated carbocycles. The standard InChI is InChI=1S/C14H13ClNO2P/c15-13-8-6-12(7-9-13)14(19(17)18)16-10-11-4-2-1-3-5-11/h1-9,14,16H,10H2/p+2/t14-/m0/s1. The van der Waals surface area contributed by atoms with Crippen LogP contribution in [0, 0.1) is 0 Å². The van der Waals surface area contributed by atoms with Crippen molar-refractivity contribution < 1.29 is 14.8 Å². The minimum Gasteiger partial charge on any atom is -0.293 e. The first-order valence-electron chi connectivity index (χ1n) is 5.95. The molecule has 2 aromatic rings. The molecule has 3 N–H and O–H groups in total. The molecule has 2 rings (SSSR count). The molecule has 3 nitrogen and oxygen atoms in total. The van der Waals surface area contributed by atoms with Crippen molar-refractivity contribution in [2.75, 3.05) is 0 Å². The van der Waals surface area contributed by atoms with Gasteiger partial charge in [-0.2, -0.15) is 4.89 Å². The van der Waals surface area contributed by atoms with E-state index in [9.17, 15) is 9.46 Å². The van der Waals surface area contributed by atoms with Crippen molar-refractivity contribution in [2.45, 2.75) is 12.3 Å². The molecule has 98 valence electrons. The summed E-state index contributed by atoms with van der Waals surface area (Å²) in [6.07, 6.45) is 0. The molecular weight excluding hydrogens is 281 g/mol. The summed E-state index contributed by atoms with van der Waals surface area (Å²) >= 11 is 5.82. The molecule has 0 bridgehead atoms. The first-order valence-corrected chi connectivity index (χ1v) is 7.61. The lowest BCUT2D eigenvalue weighted by atomic mass is 10.2. The zero-order valence-electron chi connectivity index (χ0n) is 10.2. The summed E-state index contributed by atoms with van der Waals surface area (Å²) in [6, 6.07) is 16.9. The molecule has 2 aromatic carbocycles. The van der Waals surface area contributed by atoms with Gasteiger partial charge in [0.25, 0.3) is 0 Å². The summed E-state index contributed by atoms with van der Waals surface area (Å²) in [4.78, 5) is 9.46. The van der Waals surface area contributed by atoms with Gasteiger partial charge in [-0.1, -0.05) is 41.9 Å². The van der Waals surface area contributed by atoms with Crippen molar-refractivity contribution in [1.82, 2.24) is 0 Å². The van der Waals surface area contributed by atoms with Crippen molar-refractivity contribution in [3.05, 3.63) is 70.7 Å². The number of quaternary nitrogens is 1. The molecule has 0 aliphatic rings. The van der Waals surface area contributed by atoms with Gasteiger partial charge in [0.15, 0.2) is 0 Å². The third kappa shape index (κ3) is 4.12. The van der Waals surface area contributed by atoms with Gasteiger partial charge in [-0.15, -0.1) is 0 Å². The minimum absolute atomic E-state index is 0.465. The number of halogens is 1. The molecule has 19 heavy (non-hydrogen) atoms. The average molecular weight is 296 g/mol. The van der Waals surface area contributed by atoms with Crippen LogP contribution in [-0.2, 0) is 11.1 Å². The Morgan fingerprint density at radius 2 is 1.74 bits per heavy atom. The quantitative estimate of drug-likeness (QED) is 0.833. The summed E-state index contributed by atoms with van der Waals surface area (Å²) in [5.41, 5.74) is 1.93. The normalized spacial score (nSPS) is 13.1. The molecule has 0 aromatic heterocycles. The number of nitrogens with two attached hydrogens (primary N) is 1. The highest BCUT2D eigenvalue weighted by molar-refractivity contribution is 7.38. The minimum atomic E-state index is -2.29. The highest BCUT2D eigenvalue weighted by Gasteiger charge is 2.34. The Morgan fingerprint density at radius 1 is 1.11 bits per heavy atom. The fourth-order valence-electron chi connectivity index (χ4n) is 1.88. The molecule has 0 spiro atoms. The van der Waals surface area contributed by atoms with Crippen molar-refractivity contribution >= 4 is 19.6 Å². The van der Waals surface area contributed by atoms with E-state index in [0.29, 0.717) is 11.6 Å². The van der Waals surface area contributed by atoms with Crippen LogP contribution in [0.1, 0.15) is 16.9 Å². The highest BCUT2D eigenvalue weighted by atomic mass is 35.5. The molecule has 1 unspecified atom stereocenters. The van der Waals surface area contributed by atoms with Crippen LogP contribution < -0.4 is 5.32 Å². The van der Waals surface area contributed by atoms with Crippen LogP contribution in [-0.4, -0.2) is 4.89 Å². The van der Waals surface area contributed by atoms with Crippen molar-refractivity contribution in [3.8, 4) is 0 Å². The van der Waals surface area contributed by atoms with Crippen LogP contribution in [0.3, 0.4) is 0 Å². The number of benzene rings is 2. The third-order valence-electron chi connectivity index (χ3n) is 2.87. The first-order chi connectivity index (χ1) is 9.16. The summed E-state index contributed by atoms with van der Waals surface area (Å²) in [5.74, 6) is -0.465. The molecule has 5 heteroatoms. The maximum Gasteiger partial charge on any atom is 0.574 e. The van der Waals surface area contributed by atoms with Gasteiger partial charge in [0.2, 0.25) is 0 Å². The molecule has 0 fully saturated rings. The largest absolute Gasteiger partial charge is 0.574 e. The fourth-order valence-corrected chi connectivity index (χ4v) is 2.71. The molecule has 0 aliphatic heterocycles. The second-order valence-corrected chi connectivity index (χ2v) is 5.82. The molecule has 0 amide bonds. The monoisotopic (exact) mass is 295 g/mol. The zero-order valence-corrected chi connectivity index (χ0v) is 11.9. The van der Waals surface area contributed by atoms with Crippen LogP contribution in [0.2, 0.25) is 5.02 Å². The molecule has 0 heterocycles. The maximum absolute atomic E-state index is 11.5. The Kier molecular flexibility index (Phi) is 5.06. The van der Waals surface area contributed by atoms with E-state index < -0.39 is 13.8 Å². The van der Waals surface area contributed by atoms with Crippen LogP contribution in [0.15, 0.2) is 54.6 Å². The molecule has 0 radical (unpaired) electrons. The molecule has 2 atom stereocenters. The number of rotatable bonds is 5.